The zero-order valence-electron chi connectivity index (χ0n) is 13.4. The second-order valence-corrected chi connectivity index (χ2v) is 5.17. The van der Waals surface area contributed by atoms with Gasteiger partial charge in [0.15, 0.2) is 5.82 Å². The molecule has 2 heterocycles. The lowest BCUT2D eigenvalue weighted by molar-refractivity contribution is -0.115. The van der Waals surface area contributed by atoms with Crippen LogP contribution in [0.25, 0.3) is 0 Å². The summed E-state index contributed by atoms with van der Waals surface area (Å²) in [6.07, 6.45) is 1.34. The molecule has 1 amide bonds. The molecule has 0 radical (unpaired) electrons. The number of nitrogens with one attached hydrogen (secondary N) is 1. The summed E-state index contributed by atoms with van der Waals surface area (Å²) in [5.74, 6) is 0.412. The molecule has 7 nitrogen and oxygen atoms in total. The van der Waals surface area contributed by atoms with E-state index in [9.17, 15) is 9.18 Å². The third kappa shape index (κ3) is 4.37. The first kappa shape index (κ1) is 16.6. The fraction of sp³-hybridized carbons (Fsp3) is 0.176. The van der Waals surface area contributed by atoms with Gasteiger partial charge in [-0.05, 0) is 24.3 Å². The topological polar surface area (TPSA) is 90.1 Å². The minimum Gasteiger partial charge on any atom is -0.495 e. The molecule has 0 aliphatic carbocycles. The molecular weight excluding hydrogens is 327 g/mol. The highest BCUT2D eigenvalue weighted by molar-refractivity contribution is 5.93. The van der Waals surface area contributed by atoms with Crippen molar-refractivity contribution in [1.82, 2.24) is 15.1 Å². The van der Waals surface area contributed by atoms with Crippen LogP contribution in [0.1, 0.15) is 17.4 Å². The fourth-order valence-corrected chi connectivity index (χ4v) is 2.19. The average molecular weight is 342 g/mol. The van der Waals surface area contributed by atoms with Crippen molar-refractivity contribution in [2.45, 2.75) is 12.8 Å². The summed E-state index contributed by atoms with van der Waals surface area (Å²) in [6.45, 7) is 0. The summed E-state index contributed by atoms with van der Waals surface area (Å²) in [5, 5.41) is 6.51. The average Bonchev–Trinajstić information content (AvgIpc) is 3.04. The first-order valence-electron chi connectivity index (χ1n) is 7.49. The number of hydrogen-bond acceptors (Lipinski definition) is 6. The lowest BCUT2D eigenvalue weighted by atomic mass is 10.2. The highest BCUT2D eigenvalue weighted by Gasteiger charge is 2.13. The summed E-state index contributed by atoms with van der Waals surface area (Å²) >= 11 is 0. The van der Waals surface area contributed by atoms with E-state index in [0.29, 0.717) is 23.0 Å². The van der Waals surface area contributed by atoms with Gasteiger partial charge in [0.05, 0.1) is 31.8 Å². The van der Waals surface area contributed by atoms with Crippen molar-refractivity contribution in [1.29, 1.82) is 0 Å². The monoisotopic (exact) mass is 342 g/mol. The molecule has 1 N–H and O–H groups in total. The maximum Gasteiger partial charge on any atom is 0.232 e. The number of ether oxygens (including phenoxy) is 1. The first-order valence-corrected chi connectivity index (χ1v) is 7.49. The number of halogens is 1. The molecule has 0 saturated heterocycles. The highest BCUT2D eigenvalue weighted by Crippen LogP contribution is 2.23. The molecule has 0 saturated carbocycles. The van der Waals surface area contributed by atoms with Crippen LogP contribution >= 0.6 is 0 Å². The lowest BCUT2D eigenvalue weighted by Crippen LogP contribution is -2.15. The van der Waals surface area contributed by atoms with Gasteiger partial charge < -0.3 is 14.6 Å². The number of amides is 1. The summed E-state index contributed by atoms with van der Waals surface area (Å²) < 4.78 is 23.1. The third-order valence-corrected chi connectivity index (χ3v) is 3.33. The zero-order valence-corrected chi connectivity index (χ0v) is 13.4. The van der Waals surface area contributed by atoms with Crippen LogP contribution in [0.15, 0.2) is 47.1 Å². The summed E-state index contributed by atoms with van der Waals surface area (Å²) in [5.41, 5.74) is 1.16. The second-order valence-electron chi connectivity index (χ2n) is 5.17. The molecule has 0 aliphatic rings. The van der Waals surface area contributed by atoms with Gasteiger partial charge in [-0.15, -0.1) is 0 Å². The summed E-state index contributed by atoms with van der Waals surface area (Å²) in [7, 11) is 1.53. The minimum absolute atomic E-state index is 0.0433. The van der Waals surface area contributed by atoms with E-state index < -0.39 is 5.82 Å². The van der Waals surface area contributed by atoms with Crippen LogP contribution in [0.5, 0.6) is 5.75 Å². The van der Waals surface area contributed by atoms with E-state index in [-0.39, 0.29) is 24.6 Å². The largest absolute Gasteiger partial charge is 0.495 e. The first-order chi connectivity index (χ1) is 12.1. The van der Waals surface area contributed by atoms with Gasteiger partial charge in [0.2, 0.25) is 11.8 Å². The molecule has 2 aromatic heterocycles. The Kier molecular flexibility index (Phi) is 4.98. The van der Waals surface area contributed by atoms with Crippen molar-refractivity contribution in [3.05, 3.63) is 65.8 Å². The molecule has 0 bridgehead atoms. The van der Waals surface area contributed by atoms with Crippen molar-refractivity contribution in [3.63, 3.8) is 0 Å². The molecule has 3 rings (SSSR count). The number of hydrogen-bond donors (Lipinski definition) is 1. The number of carbonyl (C=O) groups excluding carboxylic acids is 1. The number of rotatable bonds is 6. The fourth-order valence-electron chi connectivity index (χ4n) is 2.19. The van der Waals surface area contributed by atoms with Gasteiger partial charge >= 0.3 is 0 Å². The Bertz CT molecular complexity index is 864. The normalized spacial score (nSPS) is 10.5. The van der Waals surface area contributed by atoms with Crippen LogP contribution in [0, 0.1) is 5.82 Å². The molecule has 3 aromatic rings. The van der Waals surface area contributed by atoms with Crippen LogP contribution in [0.4, 0.5) is 10.1 Å². The van der Waals surface area contributed by atoms with E-state index in [1.807, 2.05) is 6.07 Å². The van der Waals surface area contributed by atoms with Gasteiger partial charge in [-0.3, -0.25) is 9.78 Å². The molecule has 8 heteroatoms. The number of carbonyl (C=O) groups is 1. The van der Waals surface area contributed by atoms with Crippen molar-refractivity contribution >= 4 is 11.6 Å². The van der Waals surface area contributed by atoms with Crippen LogP contribution < -0.4 is 10.1 Å². The summed E-state index contributed by atoms with van der Waals surface area (Å²) in [6, 6.07) is 9.92. The predicted octanol–water partition coefficient (Wildman–Crippen LogP) is 2.38. The predicted molar refractivity (Wildman–Crippen MR) is 86.6 cm³/mol. The van der Waals surface area contributed by atoms with E-state index >= 15 is 0 Å². The number of anilines is 1. The molecule has 1 aromatic carbocycles. The zero-order chi connectivity index (χ0) is 17.6. The maximum absolute atomic E-state index is 12.8. The standard InChI is InChI=1S/C17H15FN4O3/c1-24-14-5-3-2-4-13(14)20-16(23)9-15-21-17(25-22-15)8-12-7-6-11(18)10-19-12/h2-7,10H,8-9H2,1H3,(H,20,23). The molecule has 0 fully saturated rings. The number of pyridine rings is 1. The van der Waals surface area contributed by atoms with Crippen LogP contribution in [-0.4, -0.2) is 28.1 Å². The molecule has 128 valence electrons. The number of para-hydroxylation sites is 2. The van der Waals surface area contributed by atoms with E-state index in [1.54, 1.807) is 18.2 Å². The Morgan fingerprint density at radius 1 is 1.28 bits per heavy atom. The van der Waals surface area contributed by atoms with Crippen LogP contribution in [0.2, 0.25) is 0 Å². The number of benzene rings is 1. The lowest BCUT2D eigenvalue weighted by Gasteiger charge is -2.08. The van der Waals surface area contributed by atoms with Crippen LogP contribution in [0.3, 0.4) is 0 Å². The van der Waals surface area contributed by atoms with E-state index in [0.717, 1.165) is 6.20 Å². The molecular formula is C17H15FN4O3. The Labute approximate surface area is 142 Å². The Hall–Kier alpha value is -3.29. The second kappa shape index (κ2) is 7.52. The Balaban J connectivity index is 1.61. The van der Waals surface area contributed by atoms with Gasteiger partial charge in [0.25, 0.3) is 0 Å². The quantitative estimate of drug-likeness (QED) is 0.740. The number of aromatic nitrogens is 3. The van der Waals surface area contributed by atoms with Gasteiger partial charge in [0.1, 0.15) is 11.6 Å². The van der Waals surface area contributed by atoms with Gasteiger partial charge in [-0.25, -0.2) is 4.39 Å². The van der Waals surface area contributed by atoms with E-state index in [2.05, 4.69) is 20.4 Å². The molecule has 25 heavy (non-hydrogen) atoms. The highest BCUT2D eigenvalue weighted by atomic mass is 19.1. The minimum atomic E-state index is -0.414. The van der Waals surface area contributed by atoms with E-state index in [4.69, 9.17) is 9.26 Å². The molecule has 0 spiro atoms. The van der Waals surface area contributed by atoms with Crippen molar-refractivity contribution in [2.24, 2.45) is 0 Å². The van der Waals surface area contributed by atoms with Crippen molar-refractivity contribution in [3.8, 4) is 5.75 Å². The van der Waals surface area contributed by atoms with E-state index in [1.165, 1.54) is 19.2 Å². The molecule has 0 unspecified atom stereocenters. The van der Waals surface area contributed by atoms with Crippen molar-refractivity contribution in [2.75, 3.05) is 12.4 Å². The Morgan fingerprint density at radius 3 is 2.88 bits per heavy atom. The summed E-state index contributed by atoms with van der Waals surface area (Å²) in [4.78, 5) is 20.2. The maximum atomic E-state index is 12.8. The van der Waals surface area contributed by atoms with Gasteiger partial charge in [-0.1, -0.05) is 17.3 Å². The third-order valence-electron chi connectivity index (χ3n) is 3.33. The van der Waals surface area contributed by atoms with Crippen LogP contribution in [-0.2, 0) is 17.6 Å². The van der Waals surface area contributed by atoms with Gasteiger partial charge in [0, 0.05) is 5.69 Å². The molecule has 0 aliphatic heterocycles. The molecule has 0 atom stereocenters. The van der Waals surface area contributed by atoms with Crippen molar-refractivity contribution < 1.29 is 18.4 Å². The smallest absolute Gasteiger partial charge is 0.232 e. The number of methoxy groups -OCH3 is 1. The van der Waals surface area contributed by atoms with Gasteiger partial charge in [-0.2, -0.15) is 4.98 Å². The SMILES string of the molecule is COc1ccccc1NC(=O)Cc1noc(Cc2ccc(F)cn2)n1. The number of nitrogens with zero attached hydrogens (tertiary/aromatic N) is 3. The Morgan fingerprint density at radius 2 is 2.12 bits per heavy atom.